The molecule has 4 heteroatoms. The van der Waals surface area contributed by atoms with Crippen LogP contribution in [0.15, 0.2) is 35.9 Å². The number of anilines is 1. The number of carbonyl (C=O) groups excluding carboxylic acids is 2. The number of ketones is 1. The summed E-state index contributed by atoms with van der Waals surface area (Å²) in [5, 5.41) is 0. The third kappa shape index (κ3) is 1.90. The highest BCUT2D eigenvalue weighted by molar-refractivity contribution is 6.18. The number of nitrogens with zero attached hydrogens (tertiary/aromatic N) is 1. The summed E-state index contributed by atoms with van der Waals surface area (Å²) in [5.74, 6) is 0.409. The summed E-state index contributed by atoms with van der Waals surface area (Å²) in [7, 11) is 1.57. The van der Waals surface area contributed by atoms with Crippen molar-refractivity contribution in [3.05, 3.63) is 35.9 Å². The minimum atomic E-state index is -0.137. The number of carbonyl (C=O) groups is 2. The first kappa shape index (κ1) is 12.4. The fraction of sp³-hybridized carbons (Fsp3) is 0.286. The lowest BCUT2D eigenvalue weighted by molar-refractivity contribution is -0.119. The fourth-order valence-electron chi connectivity index (χ4n) is 2.11. The van der Waals surface area contributed by atoms with E-state index in [0.29, 0.717) is 11.3 Å². The largest absolute Gasteiger partial charge is 0.495 e. The van der Waals surface area contributed by atoms with Crippen LogP contribution in [0.5, 0.6) is 5.75 Å². The maximum atomic E-state index is 12.0. The fourth-order valence-corrected chi connectivity index (χ4v) is 2.11. The van der Waals surface area contributed by atoms with E-state index in [4.69, 9.17) is 4.74 Å². The molecule has 1 saturated heterocycles. The molecule has 1 atom stereocenters. The Morgan fingerprint density at radius 1 is 1.39 bits per heavy atom. The molecule has 94 valence electrons. The van der Waals surface area contributed by atoms with E-state index in [1.807, 2.05) is 31.2 Å². The monoisotopic (exact) mass is 245 g/mol. The van der Waals surface area contributed by atoms with Crippen molar-refractivity contribution in [2.24, 2.45) is 0 Å². The second-order valence-electron chi connectivity index (χ2n) is 4.23. The Morgan fingerprint density at radius 3 is 2.61 bits per heavy atom. The van der Waals surface area contributed by atoms with E-state index >= 15 is 0 Å². The zero-order valence-electron chi connectivity index (χ0n) is 10.6. The summed E-state index contributed by atoms with van der Waals surface area (Å²) in [6, 6.07) is 7.24. The summed E-state index contributed by atoms with van der Waals surface area (Å²) in [4.78, 5) is 24.7. The van der Waals surface area contributed by atoms with Crippen molar-refractivity contribution in [2.45, 2.75) is 19.9 Å². The molecule has 1 aliphatic rings. The first-order valence-electron chi connectivity index (χ1n) is 5.75. The zero-order chi connectivity index (χ0) is 13.3. The predicted molar refractivity (Wildman–Crippen MR) is 68.7 cm³/mol. The van der Waals surface area contributed by atoms with Gasteiger partial charge in [0.15, 0.2) is 5.78 Å². The summed E-state index contributed by atoms with van der Waals surface area (Å²) < 4.78 is 5.23. The molecule has 0 radical (unpaired) electrons. The van der Waals surface area contributed by atoms with Crippen molar-refractivity contribution >= 4 is 17.4 Å². The maximum absolute atomic E-state index is 12.0. The Kier molecular flexibility index (Phi) is 3.19. The Morgan fingerprint density at radius 2 is 2.06 bits per heavy atom. The van der Waals surface area contributed by atoms with Gasteiger partial charge in [-0.2, -0.15) is 0 Å². The van der Waals surface area contributed by atoms with Crippen LogP contribution < -0.4 is 9.64 Å². The molecule has 0 saturated carbocycles. The van der Waals surface area contributed by atoms with Crippen LogP contribution in [-0.2, 0) is 9.59 Å². The second-order valence-corrected chi connectivity index (χ2v) is 4.23. The molecule has 2 rings (SSSR count). The van der Waals surface area contributed by atoms with Crippen LogP contribution in [0.1, 0.15) is 13.8 Å². The quantitative estimate of drug-likeness (QED) is 0.604. The second kappa shape index (κ2) is 4.64. The maximum Gasteiger partial charge on any atom is 0.257 e. The third-order valence-electron chi connectivity index (χ3n) is 3.01. The molecule has 18 heavy (non-hydrogen) atoms. The van der Waals surface area contributed by atoms with Crippen molar-refractivity contribution in [1.82, 2.24) is 0 Å². The Bertz CT molecular complexity index is 534. The van der Waals surface area contributed by atoms with E-state index in [2.05, 4.69) is 0 Å². The lowest BCUT2D eigenvalue weighted by Crippen LogP contribution is -2.54. The summed E-state index contributed by atoms with van der Waals surface area (Å²) in [6.45, 7) is 3.33. The standard InChI is InChI=1S/C14H15NO3/c1-9(16)8-11-10(2)15(14(11)17)12-6-4-5-7-13(12)18-3/h4-8,10H,1-3H3/b11-8-. The highest BCUT2D eigenvalue weighted by Gasteiger charge is 2.41. The molecule has 0 aromatic heterocycles. The first-order valence-corrected chi connectivity index (χ1v) is 5.75. The van der Waals surface area contributed by atoms with Crippen molar-refractivity contribution in [3.8, 4) is 5.75 Å². The van der Waals surface area contributed by atoms with Crippen LogP contribution in [0.25, 0.3) is 0 Å². The zero-order valence-corrected chi connectivity index (χ0v) is 10.6. The van der Waals surface area contributed by atoms with E-state index in [-0.39, 0.29) is 17.7 Å². The van der Waals surface area contributed by atoms with Crippen LogP contribution in [-0.4, -0.2) is 24.8 Å². The summed E-state index contributed by atoms with van der Waals surface area (Å²) >= 11 is 0. The SMILES string of the molecule is COc1ccccc1N1C(=O)/C(=C\C(C)=O)C1C. The Hall–Kier alpha value is -2.10. The van der Waals surface area contributed by atoms with Crippen molar-refractivity contribution in [2.75, 3.05) is 12.0 Å². The summed E-state index contributed by atoms with van der Waals surface area (Å²) in [6.07, 6.45) is 1.40. The highest BCUT2D eigenvalue weighted by atomic mass is 16.5. The molecule has 1 fully saturated rings. The average Bonchev–Trinajstić information content (AvgIpc) is 2.37. The average molecular weight is 245 g/mol. The van der Waals surface area contributed by atoms with E-state index in [9.17, 15) is 9.59 Å². The summed E-state index contributed by atoms with van der Waals surface area (Å²) in [5.41, 5.74) is 1.28. The molecule has 1 aromatic rings. The molecule has 0 spiro atoms. The number of para-hydroxylation sites is 2. The van der Waals surface area contributed by atoms with Gasteiger partial charge in [-0.15, -0.1) is 0 Å². The van der Waals surface area contributed by atoms with Gasteiger partial charge in [-0.25, -0.2) is 0 Å². The van der Waals surface area contributed by atoms with Gasteiger partial charge in [0, 0.05) is 5.57 Å². The minimum absolute atomic E-state index is 0.0994. The molecular formula is C14H15NO3. The normalized spacial score (nSPS) is 20.8. The number of amides is 1. The smallest absolute Gasteiger partial charge is 0.257 e. The van der Waals surface area contributed by atoms with Gasteiger partial charge in [-0.1, -0.05) is 12.1 Å². The van der Waals surface area contributed by atoms with Gasteiger partial charge in [0.2, 0.25) is 0 Å². The van der Waals surface area contributed by atoms with E-state index < -0.39 is 0 Å². The first-order chi connectivity index (χ1) is 8.56. The van der Waals surface area contributed by atoms with Gasteiger partial charge in [0.25, 0.3) is 5.91 Å². The number of ether oxygens (including phenoxy) is 1. The number of allylic oxidation sites excluding steroid dienone is 1. The molecule has 1 amide bonds. The molecule has 1 heterocycles. The molecule has 4 nitrogen and oxygen atoms in total. The predicted octanol–water partition coefficient (Wildman–Crippen LogP) is 1.95. The molecular weight excluding hydrogens is 230 g/mol. The molecule has 1 aliphatic heterocycles. The molecule has 0 N–H and O–H groups in total. The van der Waals surface area contributed by atoms with Gasteiger partial charge < -0.3 is 4.74 Å². The number of hydrogen-bond acceptors (Lipinski definition) is 3. The van der Waals surface area contributed by atoms with Crippen molar-refractivity contribution in [1.29, 1.82) is 0 Å². The van der Waals surface area contributed by atoms with Crippen LogP contribution >= 0.6 is 0 Å². The molecule has 1 unspecified atom stereocenters. The Labute approximate surface area is 106 Å². The number of hydrogen-bond donors (Lipinski definition) is 0. The molecule has 0 aliphatic carbocycles. The molecule has 1 aromatic carbocycles. The minimum Gasteiger partial charge on any atom is -0.495 e. The third-order valence-corrected chi connectivity index (χ3v) is 3.01. The number of β-lactam (4-membered cyclic amide) rings is 1. The van der Waals surface area contributed by atoms with E-state index in [1.165, 1.54) is 13.0 Å². The van der Waals surface area contributed by atoms with Crippen LogP contribution in [0.4, 0.5) is 5.69 Å². The van der Waals surface area contributed by atoms with Gasteiger partial charge >= 0.3 is 0 Å². The van der Waals surface area contributed by atoms with Gasteiger partial charge in [0.1, 0.15) is 5.75 Å². The lowest BCUT2D eigenvalue weighted by atomic mass is 9.93. The van der Waals surface area contributed by atoms with Crippen LogP contribution in [0.2, 0.25) is 0 Å². The lowest BCUT2D eigenvalue weighted by Gasteiger charge is -2.41. The van der Waals surface area contributed by atoms with Gasteiger partial charge in [0.05, 0.1) is 18.8 Å². The van der Waals surface area contributed by atoms with E-state index in [1.54, 1.807) is 12.0 Å². The van der Waals surface area contributed by atoms with Gasteiger partial charge in [-0.05, 0) is 32.1 Å². The molecule has 0 bridgehead atoms. The van der Waals surface area contributed by atoms with Crippen LogP contribution in [0.3, 0.4) is 0 Å². The Balaban J connectivity index is 2.33. The number of rotatable bonds is 3. The van der Waals surface area contributed by atoms with Gasteiger partial charge in [-0.3, -0.25) is 14.5 Å². The topological polar surface area (TPSA) is 46.6 Å². The number of methoxy groups -OCH3 is 1. The number of benzene rings is 1. The van der Waals surface area contributed by atoms with Crippen LogP contribution in [0, 0.1) is 0 Å². The van der Waals surface area contributed by atoms with Crippen molar-refractivity contribution < 1.29 is 14.3 Å². The van der Waals surface area contributed by atoms with Crippen molar-refractivity contribution in [3.63, 3.8) is 0 Å². The highest BCUT2D eigenvalue weighted by Crippen LogP contribution is 2.37. The van der Waals surface area contributed by atoms with E-state index in [0.717, 1.165) is 5.69 Å².